The van der Waals surface area contributed by atoms with Crippen molar-refractivity contribution in [2.45, 2.75) is 32.1 Å². The minimum Gasteiger partial charge on any atom is -0.496 e. The van der Waals surface area contributed by atoms with Gasteiger partial charge >= 0.3 is 5.97 Å². The first-order valence-corrected chi connectivity index (χ1v) is 14.6. The van der Waals surface area contributed by atoms with Crippen LogP contribution in [0, 0.1) is 11.7 Å². The highest BCUT2D eigenvalue weighted by Crippen LogP contribution is 2.25. The number of carbonyl (C=O) groups excluding carboxylic acids is 1. The van der Waals surface area contributed by atoms with Crippen LogP contribution >= 0.6 is 0 Å². The lowest BCUT2D eigenvalue weighted by Gasteiger charge is -2.15. The molecule has 224 valence electrons. The van der Waals surface area contributed by atoms with E-state index in [0.717, 1.165) is 65.7 Å². The number of methoxy groups -OCH3 is 2. The molecule has 0 saturated carbocycles. The zero-order chi connectivity index (χ0) is 30.7. The van der Waals surface area contributed by atoms with E-state index >= 15 is 0 Å². The van der Waals surface area contributed by atoms with Gasteiger partial charge < -0.3 is 9.47 Å². The van der Waals surface area contributed by atoms with Crippen molar-refractivity contribution < 1.29 is 18.7 Å². The van der Waals surface area contributed by atoms with Crippen molar-refractivity contribution in [3.63, 3.8) is 0 Å². The van der Waals surface area contributed by atoms with E-state index in [0.29, 0.717) is 11.4 Å². The van der Waals surface area contributed by atoms with Crippen molar-refractivity contribution in [1.82, 2.24) is 20.6 Å². The first kappa shape index (κ1) is 30.4. The lowest BCUT2D eigenvalue weighted by Crippen LogP contribution is -2.05. The van der Waals surface area contributed by atoms with Gasteiger partial charge in [0.1, 0.15) is 11.6 Å². The van der Waals surface area contributed by atoms with Gasteiger partial charge in [-0.2, -0.15) is 0 Å². The molecular weight excluding hydrogens is 555 g/mol. The molecule has 0 aliphatic rings. The fourth-order valence-corrected chi connectivity index (χ4v) is 5.29. The molecule has 1 atom stereocenters. The Morgan fingerprint density at radius 3 is 2.36 bits per heavy atom. The van der Waals surface area contributed by atoms with Crippen molar-refractivity contribution in [2.24, 2.45) is 5.92 Å². The van der Waals surface area contributed by atoms with Crippen molar-refractivity contribution in [3.8, 4) is 17.1 Å². The molecule has 1 heterocycles. The van der Waals surface area contributed by atoms with Gasteiger partial charge in [-0.05, 0) is 107 Å². The van der Waals surface area contributed by atoms with Crippen LogP contribution in [0.5, 0.6) is 5.75 Å². The summed E-state index contributed by atoms with van der Waals surface area (Å²) in [6.45, 7) is 0. The quantitative estimate of drug-likeness (QED) is 0.147. The minimum absolute atomic E-state index is 0.179. The van der Waals surface area contributed by atoms with Crippen molar-refractivity contribution in [2.75, 3.05) is 14.2 Å². The Kier molecular flexibility index (Phi) is 10.3. The number of esters is 1. The summed E-state index contributed by atoms with van der Waals surface area (Å²) in [5, 5.41) is 14.1. The predicted octanol–water partition coefficient (Wildman–Crippen LogP) is 7.09. The Morgan fingerprint density at radius 1 is 0.886 bits per heavy atom. The van der Waals surface area contributed by atoms with Gasteiger partial charge in [0.25, 0.3) is 0 Å². The van der Waals surface area contributed by atoms with Gasteiger partial charge in [-0.25, -0.2) is 14.3 Å². The number of hydrogen-bond acceptors (Lipinski definition) is 6. The highest BCUT2D eigenvalue weighted by molar-refractivity contribution is 5.89. The van der Waals surface area contributed by atoms with Gasteiger partial charge in [0, 0.05) is 5.56 Å². The third-order valence-electron chi connectivity index (χ3n) is 7.76. The first-order valence-electron chi connectivity index (χ1n) is 14.6. The van der Waals surface area contributed by atoms with E-state index in [-0.39, 0.29) is 17.7 Å². The Balaban J connectivity index is 1.35. The number of halogens is 1. The van der Waals surface area contributed by atoms with E-state index in [4.69, 9.17) is 9.47 Å². The van der Waals surface area contributed by atoms with E-state index < -0.39 is 0 Å². The lowest BCUT2D eigenvalue weighted by atomic mass is 9.90. The van der Waals surface area contributed by atoms with Crippen molar-refractivity contribution in [1.29, 1.82) is 0 Å². The van der Waals surface area contributed by atoms with E-state index in [9.17, 15) is 9.18 Å². The number of allylic oxidation sites excluding steroid dienone is 1. The molecular formula is C36H35FN4O3. The number of rotatable bonds is 13. The van der Waals surface area contributed by atoms with Crippen LogP contribution in [0.4, 0.5) is 4.39 Å². The number of nitrogens with one attached hydrogen (secondary N) is 1. The molecule has 8 heteroatoms. The number of hydrogen-bond donors (Lipinski definition) is 1. The van der Waals surface area contributed by atoms with E-state index in [1.165, 1.54) is 18.7 Å². The summed E-state index contributed by atoms with van der Waals surface area (Å²) in [4.78, 5) is 11.8. The van der Waals surface area contributed by atoms with Crippen LogP contribution in [0.15, 0.2) is 97.1 Å². The Morgan fingerprint density at radius 2 is 1.64 bits per heavy atom. The SMILES string of the molecule is COC(=O)c1ccc(CCC(/C=C/c2cc(F)ccc2CCc2ccccc2OC)Cc2ccc(-c3nnn[nH]3)cc2)cc1. The maximum atomic E-state index is 14.4. The van der Waals surface area contributed by atoms with Crippen molar-refractivity contribution >= 4 is 12.0 Å². The number of para-hydroxylation sites is 1. The topological polar surface area (TPSA) is 90.0 Å². The summed E-state index contributed by atoms with van der Waals surface area (Å²) < 4.78 is 24.8. The average molecular weight is 591 g/mol. The predicted molar refractivity (Wildman–Crippen MR) is 169 cm³/mol. The molecule has 5 aromatic rings. The zero-order valence-electron chi connectivity index (χ0n) is 24.9. The number of benzene rings is 4. The van der Waals surface area contributed by atoms with Gasteiger partial charge in [-0.1, -0.05) is 72.8 Å². The van der Waals surface area contributed by atoms with Gasteiger partial charge in [0.05, 0.1) is 19.8 Å². The molecule has 1 N–H and O–H groups in total. The molecule has 0 bridgehead atoms. The summed E-state index contributed by atoms with van der Waals surface area (Å²) in [6, 6.07) is 28.7. The zero-order valence-corrected chi connectivity index (χ0v) is 24.9. The summed E-state index contributed by atoms with van der Waals surface area (Å²) >= 11 is 0. The van der Waals surface area contributed by atoms with Gasteiger partial charge in [-0.3, -0.25) is 0 Å². The molecule has 0 fully saturated rings. The molecule has 0 saturated heterocycles. The highest BCUT2D eigenvalue weighted by Gasteiger charge is 2.12. The first-order chi connectivity index (χ1) is 21.5. The second-order valence-corrected chi connectivity index (χ2v) is 10.7. The van der Waals surface area contributed by atoms with Gasteiger partial charge in [0.2, 0.25) is 0 Å². The highest BCUT2D eigenvalue weighted by atomic mass is 19.1. The second-order valence-electron chi connectivity index (χ2n) is 10.7. The summed E-state index contributed by atoms with van der Waals surface area (Å²) in [6.07, 6.45) is 8.29. The average Bonchev–Trinajstić information content (AvgIpc) is 3.61. The molecule has 0 spiro atoms. The smallest absolute Gasteiger partial charge is 0.337 e. The molecule has 7 nitrogen and oxygen atoms in total. The van der Waals surface area contributed by atoms with E-state index in [2.05, 4.69) is 51.0 Å². The molecule has 0 aliphatic carbocycles. The molecule has 4 aromatic carbocycles. The number of nitrogens with zero attached hydrogens (tertiary/aromatic N) is 3. The lowest BCUT2D eigenvalue weighted by molar-refractivity contribution is 0.0600. The molecule has 0 amide bonds. The second kappa shape index (κ2) is 14.9. The Labute approximate surface area is 256 Å². The Hall–Kier alpha value is -5.11. The van der Waals surface area contributed by atoms with Gasteiger partial charge in [-0.15, -0.1) is 5.10 Å². The molecule has 44 heavy (non-hydrogen) atoms. The van der Waals surface area contributed by atoms with Crippen molar-refractivity contribution in [3.05, 3.63) is 136 Å². The minimum atomic E-state index is -0.349. The van der Waals surface area contributed by atoms with Crippen LogP contribution in [0.3, 0.4) is 0 Å². The van der Waals surface area contributed by atoms with Crippen LogP contribution < -0.4 is 4.74 Å². The number of aromatic amines is 1. The summed E-state index contributed by atoms with van der Waals surface area (Å²) in [7, 11) is 3.06. The van der Waals surface area contributed by atoms with Crippen LogP contribution in [-0.2, 0) is 30.4 Å². The number of ether oxygens (including phenoxy) is 2. The number of carbonyl (C=O) groups is 1. The molecule has 0 aliphatic heterocycles. The number of aryl methyl sites for hydroxylation is 3. The largest absolute Gasteiger partial charge is 0.496 e. The third kappa shape index (κ3) is 8.04. The van der Waals surface area contributed by atoms with E-state index in [1.54, 1.807) is 25.3 Å². The van der Waals surface area contributed by atoms with Crippen LogP contribution in [-0.4, -0.2) is 40.8 Å². The molecule has 5 rings (SSSR count). The number of tetrazole rings is 1. The van der Waals surface area contributed by atoms with E-state index in [1.807, 2.05) is 48.5 Å². The maximum Gasteiger partial charge on any atom is 0.337 e. The molecule has 1 aromatic heterocycles. The van der Waals surface area contributed by atoms with Crippen LogP contribution in [0.25, 0.3) is 17.5 Å². The summed E-state index contributed by atoms with van der Waals surface area (Å²) in [5.74, 6) is 1.05. The fourth-order valence-electron chi connectivity index (χ4n) is 5.29. The number of aromatic nitrogens is 4. The standard InChI is InChI=1S/C36H35FN4O3/c1-43-34-6-4-3-5-29(34)20-19-28-21-22-33(37)24-32(28)18-13-26(8-7-25-9-16-31(17-10-25)36(42)44-2)23-27-11-14-30(15-12-27)35-38-40-41-39-35/h3-6,9-18,21-22,24,26H,7-8,19-20,23H2,1-2H3,(H,38,39,40,41)/b18-13+. The monoisotopic (exact) mass is 590 g/mol. The normalized spacial score (nSPS) is 11.9. The fraction of sp³-hybridized carbons (Fsp3) is 0.222. The van der Waals surface area contributed by atoms with Crippen LogP contribution in [0.2, 0.25) is 0 Å². The molecule has 0 radical (unpaired) electrons. The van der Waals surface area contributed by atoms with Crippen LogP contribution in [0.1, 0.15) is 44.6 Å². The maximum absolute atomic E-state index is 14.4. The Bertz CT molecular complexity index is 1680. The third-order valence-corrected chi connectivity index (χ3v) is 7.76. The summed E-state index contributed by atoms with van der Waals surface area (Å²) in [5.41, 5.74) is 6.82. The van der Waals surface area contributed by atoms with Gasteiger partial charge in [0.15, 0.2) is 5.82 Å². The molecule has 1 unspecified atom stereocenters. The number of H-pyrrole nitrogens is 1.